The lowest BCUT2D eigenvalue weighted by Crippen LogP contribution is -2.48. The fraction of sp³-hybridized carbons (Fsp3) is 0.526. The van der Waals surface area contributed by atoms with E-state index in [0.717, 1.165) is 62.2 Å². The van der Waals surface area contributed by atoms with Crippen LogP contribution in [0.5, 0.6) is 0 Å². The lowest BCUT2D eigenvalue weighted by molar-refractivity contribution is -0.138. The van der Waals surface area contributed by atoms with E-state index in [0.29, 0.717) is 11.9 Å². The molecule has 0 spiro atoms. The predicted molar refractivity (Wildman–Crippen MR) is 96.5 cm³/mol. The SMILES string of the molecule is O=C(N1CCC(n2nccn2)CC1)C1(c2ccc(Cl)cc2)CCCC1. The molecule has 0 radical (unpaired) electrons. The van der Waals surface area contributed by atoms with Crippen LogP contribution in [0.1, 0.15) is 50.1 Å². The van der Waals surface area contributed by atoms with Crippen molar-refractivity contribution in [1.82, 2.24) is 19.9 Å². The van der Waals surface area contributed by atoms with Gasteiger partial charge < -0.3 is 4.90 Å². The van der Waals surface area contributed by atoms with Crippen molar-refractivity contribution in [3.63, 3.8) is 0 Å². The van der Waals surface area contributed by atoms with Crippen LogP contribution in [0.2, 0.25) is 5.02 Å². The number of aromatic nitrogens is 3. The molecule has 1 saturated carbocycles. The summed E-state index contributed by atoms with van der Waals surface area (Å²) in [5, 5.41) is 9.21. The first kappa shape index (κ1) is 16.6. The molecule has 25 heavy (non-hydrogen) atoms. The molecule has 6 heteroatoms. The van der Waals surface area contributed by atoms with Crippen LogP contribution in [-0.2, 0) is 10.2 Å². The fourth-order valence-electron chi connectivity index (χ4n) is 4.39. The second-order valence-electron chi connectivity index (χ2n) is 7.17. The van der Waals surface area contributed by atoms with Gasteiger partial charge in [0.2, 0.25) is 5.91 Å². The number of likely N-dealkylation sites (tertiary alicyclic amines) is 1. The van der Waals surface area contributed by atoms with Crippen LogP contribution in [-0.4, -0.2) is 38.9 Å². The van der Waals surface area contributed by atoms with Gasteiger partial charge in [0.05, 0.1) is 23.9 Å². The smallest absolute Gasteiger partial charge is 0.233 e. The zero-order chi connectivity index (χ0) is 17.3. The fourth-order valence-corrected chi connectivity index (χ4v) is 4.52. The molecule has 2 fully saturated rings. The van der Waals surface area contributed by atoms with Gasteiger partial charge in [-0.1, -0.05) is 36.6 Å². The van der Waals surface area contributed by atoms with E-state index < -0.39 is 0 Å². The summed E-state index contributed by atoms with van der Waals surface area (Å²) in [5.74, 6) is 0.291. The van der Waals surface area contributed by atoms with Crippen molar-refractivity contribution in [2.45, 2.75) is 50.0 Å². The molecule has 1 aliphatic carbocycles. The summed E-state index contributed by atoms with van der Waals surface area (Å²) in [4.78, 5) is 17.3. The number of rotatable bonds is 3. The van der Waals surface area contributed by atoms with Crippen molar-refractivity contribution in [2.24, 2.45) is 0 Å². The van der Waals surface area contributed by atoms with Crippen LogP contribution in [0.3, 0.4) is 0 Å². The highest BCUT2D eigenvalue weighted by Gasteiger charge is 2.45. The molecule has 0 atom stereocenters. The van der Waals surface area contributed by atoms with Gasteiger partial charge in [0.25, 0.3) is 0 Å². The molecule has 132 valence electrons. The van der Waals surface area contributed by atoms with Crippen LogP contribution in [0.15, 0.2) is 36.7 Å². The first-order valence-electron chi connectivity index (χ1n) is 9.10. The van der Waals surface area contributed by atoms with Gasteiger partial charge in [0, 0.05) is 18.1 Å². The first-order valence-corrected chi connectivity index (χ1v) is 9.48. The zero-order valence-corrected chi connectivity index (χ0v) is 15.0. The van der Waals surface area contributed by atoms with Crippen molar-refractivity contribution in [1.29, 1.82) is 0 Å². The van der Waals surface area contributed by atoms with Gasteiger partial charge in [-0.05, 0) is 43.4 Å². The Morgan fingerprint density at radius 3 is 2.24 bits per heavy atom. The molecule has 1 amide bonds. The quantitative estimate of drug-likeness (QED) is 0.842. The van der Waals surface area contributed by atoms with Gasteiger partial charge in [0.1, 0.15) is 0 Å². The Kier molecular flexibility index (Phi) is 4.50. The number of hydrogen-bond donors (Lipinski definition) is 0. The van der Waals surface area contributed by atoms with E-state index in [1.807, 2.05) is 24.3 Å². The Hall–Kier alpha value is -1.88. The Labute approximate surface area is 153 Å². The topological polar surface area (TPSA) is 51.0 Å². The van der Waals surface area contributed by atoms with Crippen molar-refractivity contribution in [3.05, 3.63) is 47.2 Å². The maximum Gasteiger partial charge on any atom is 0.233 e. The lowest BCUT2D eigenvalue weighted by atomic mass is 9.77. The largest absolute Gasteiger partial charge is 0.342 e. The number of halogens is 1. The molecule has 2 aliphatic rings. The summed E-state index contributed by atoms with van der Waals surface area (Å²) in [6, 6.07) is 8.17. The number of nitrogens with zero attached hydrogens (tertiary/aromatic N) is 4. The minimum Gasteiger partial charge on any atom is -0.342 e. The maximum absolute atomic E-state index is 13.5. The number of amides is 1. The maximum atomic E-state index is 13.5. The molecule has 5 nitrogen and oxygen atoms in total. The highest BCUT2D eigenvalue weighted by Crippen LogP contribution is 2.43. The van der Waals surface area contributed by atoms with Crippen LogP contribution < -0.4 is 0 Å². The molecule has 2 heterocycles. The van der Waals surface area contributed by atoms with E-state index in [1.165, 1.54) is 0 Å². The van der Waals surface area contributed by atoms with Gasteiger partial charge in [-0.15, -0.1) is 0 Å². The van der Waals surface area contributed by atoms with Gasteiger partial charge in [0.15, 0.2) is 0 Å². The zero-order valence-electron chi connectivity index (χ0n) is 14.3. The van der Waals surface area contributed by atoms with E-state index in [-0.39, 0.29) is 5.41 Å². The van der Waals surface area contributed by atoms with Gasteiger partial charge in [-0.2, -0.15) is 15.0 Å². The summed E-state index contributed by atoms with van der Waals surface area (Å²) in [7, 11) is 0. The molecule has 1 aromatic heterocycles. The second kappa shape index (κ2) is 6.79. The normalized spacial score (nSPS) is 20.8. The summed E-state index contributed by atoms with van der Waals surface area (Å²) in [6.45, 7) is 1.56. The summed E-state index contributed by atoms with van der Waals surface area (Å²) in [6.07, 6.45) is 9.36. The van der Waals surface area contributed by atoms with Crippen LogP contribution in [0.4, 0.5) is 0 Å². The number of hydrogen-bond acceptors (Lipinski definition) is 3. The van der Waals surface area contributed by atoms with E-state index in [4.69, 9.17) is 11.6 Å². The van der Waals surface area contributed by atoms with Crippen LogP contribution in [0, 0.1) is 0 Å². The standard InChI is InChI=1S/C19H23ClN4O/c20-16-5-3-15(4-6-16)19(9-1-2-10-19)18(25)23-13-7-17(8-14-23)24-21-11-12-22-24/h3-6,11-12,17H,1-2,7-10,13-14H2. The molecule has 1 saturated heterocycles. The van der Waals surface area contributed by atoms with E-state index >= 15 is 0 Å². The molecule has 1 aliphatic heterocycles. The Bertz CT molecular complexity index is 714. The molecule has 2 aromatic rings. The number of benzene rings is 1. The Morgan fingerprint density at radius 2 is 1.64 bits per heavy atom. The second-order valence-corrected chi connectivity index (χ2v) is 7.61. The van der Waals surface area contributed by atoms with Crippen LogP contribution >= 0.6 is 11.6 Å². The number of carbonyl (C=O) groups is 1. The molecule has 0 bridgehead atoms. The van der Waals surface area contributed by atoms with Crippen molar-refractivity contribution < 1.29 is 4.79 Å². The van der Waals surface area contributed by atoms with Gasteiger partial charge in [-0.3, -0.25) is 4.79 Å². The molecule has 0 unspecified atom stereocenters. The minimum absolute atomic E-state index is 0.291. The minimum atomic E-state index is -0.360. The number of piperidine rings is 1. The van der Waals surface area contributed by atoms with E-state index in [2.05, 4.69) is 15.1 Å². The van der Waals surface area contributed by atoms with Crippen molar-refractivity contribution in [2.75, 3.05) is 13.1 Å². The third-order valence-electron chi connectivity index (χ3n) is 5.78. The van der Waals surface area contributed by atoms with Crippen molar-refractivity contribution in [3.8, 4) is 0 Å². The highest BCUT2D eigenvalue weighted by molar-refractivity contribution is 6.30. The Balaban J connectivity index is 1.51. The van der Waals surface area contributed by atoms with Gasteiger partial charge >= 0.3 is 0 Å². The summed E-state index contributed by atoms with van der Waals surface area (Å²) >= 11 is 6.05. The van der Waals surface area contributed by atoms with E-state index in [1.54, 1.807) is 17.2 Å². The lowest BCUT2D eigenvalue weighted by Gasteiger charge is -2.38. The first-order chi connectivity index (χ1) is 12.2. The Morgan fingerprint density at radius 1 is 1.04 bits per heavy atom. The highest BCUT2D eigenvalue weighted by atomic mass is 35.5. The molecular formula is C19H23ClN4O. The monoisotopic (exact) mass is 358 g/mol. The molecular weight excluding hydrogens is 336 g/mol. The average molecular weight is 359 g/mol. The average Bonchev–Trinajstić information content (AvgIpc) is 3.34. The summed E-state index contributed by atoms with van der Waals surface area (Å²) in [5.41, 5.74) is 0.761. The third-order valence-corrected chi connectivity index (χ3v) is 6.03. The predicted octanol–water partition coefficient (Wildman–Crippen LogP) is 3.61. The molecule has 4 rings (SSSR count). The number of carbonyl (C=O) groups excluding carboxylic acids is 1. The van der Waals surface area contributed by atoms with Crippen molar-refractivity contribution >= 4 is 17.5 Å². The molecule has 0 N–H and O–H groups in total. The van der Waals surface area contributed by atoms with Gasteiger partial charge in [-0.25, -0.2) is 0 Å². The van der Waals surface area contributed by atoms with Crippen LogP contribution in [0.25, 0.3) is 0 Å². The third kappa shape index (κ3) is 3.06. The molecule has 1 aromatic carbocycles. The van der Waals surface area contributed by atoms with E-state index in [9.17, 15) is 4.79 Å². The summed E-state index contributed by atoms with van der Waals surface area (Å²) < 4.78 is 0.